The highest BCUT2D eigenvalue weighted by Crippen LogP contribution is 2.16. The summed E-state index contributed by atoms with van der Waals surface area (Å²) in [6.07, 6.45) is 4.55. The zero-order chi connectivity index (χ0) is 12.8. The van der Waals surface area contributed by atoms with Crippen molar-refractivity contribution < 1.29 is 0 Å². The van der Waals surface area contributed by atoms with Gasteiger partial charge < -0.3 is 0 Å². The number of rotatable bonds is 5. The first-order valence-corrected chi connectivity index (χ1v) is 6.98. The molecule has 0 aliphatic rings. The Morgan fingerprint density at radius 2 is 1.44 bits per heavy atom. The minimum atomic E-state index is 1.13. The van der Waals surface area contributed by atoms with Crippen LogP contribution >= 0.6 is 0 Å². The summed E-state index contributed by atoms with van der Waals surface area (Å²) in [7, 11) is 0. The van der Waals surface area contributed by atoms with Crippen molar-refractivity contribution in [2.75, 3.05) is 0 Å². The second-order valence-electron chi connectivity index (χ2n) is 4.80. The first kappa shape index (κ1) is 12.9. The standard InChI is InChI=1S/C18H22/c1-3-15-10-12-17(4-2)18(14-15)13-11-16-8-6-5-7-9-16/h5-10,12,14H,3-4,11,13H2,1-2H3. The molecule has 0 saturated carbocycles. The van der Waals surface area contributed by atoms with Crippen molar-refractivity contribution in [2.24, 2.45) is 0 Å². The van der Waals surface area contributed by atoms with Gasteiger partial charge in [-0.1, -0.05) is 62.4 Å². The second-order valence-corrected chi connectivity index (χ2v) is 4.80. The van der Waals surface area contributed by atoms with E-state index in [4.69, 9.17) is 0 Å². The molecule has 2 rings (SSSR count). The van der Waals surface area contributed by atoms with Crippen LogP contribution in [0.1, 0.15) is 36.1 Å². The van der Waals surface area contributed by atoms with Gasteiger partial charge in [-0.15, -0.1) is 0 Å². The topological polar surface area (TPSA) is 0 Å². The van der Waals surface area contributed by atoms with Crippen molar-refractivity contribution in [3.63, 3.8) is 0 Å². The molecule has 2 aromatic rings. The largest absolute Gasteiger partial charge is 0.0622 e. The lowest BCUT2D eigenvalue weighted by Crippen LogP contribution is -1.98. The summed E-state index contributed by atoms with van der Waals surface area (Å²) in [5.74, 6) is 0. The number of aryl methyl sites for hydroxylation is 4. The van der Waals surface area contributed by atoms with Gasteiger partial charge in [0.2, 0.25) is 0 Å². The number of benzene rings is 2. The molecule has 0 N–H and O–H groups in total. The maximum absolute atomic E-state index is 2.39. The van der Waals surface area contributed by atoms with E-state index in [1.165, 1.54) is 22.3 Å². The molecule has 18 heavy (non-hydrogen) atoms. The fourth-order valence-corrected chi connectivity index (χ4v) is 2.40. The van der Waals surface area contributed by atoms with Gasteiger partial charge >= 0.3 is 0 Å². The Kier molecular flexibility index (Phi) is 4.58. The van der Waals surface area contributed by atoms with Crippen LogP contribution in [0.2, 0.25) is 0 Å². The Morgan fingerprint density at radius 3 is 2.11 bits per heavy atom. The first-order chi connectivity index (χ1) is 8.83. The highest BCUT2D eigenvalue weighted by atomic mass is 14.1. The average molecular weight is 238 g/mol. The number of hydrogen-bond acceptors (Lipinski definition) is 0. The van der Waals surface area contributed by atoms with Gasteiger partial charge in [-0.2, -0.15) is 0 Å². The van der Waals surface area contributed by atoms with E-state index < -0.39 is 0 Å². The van der Waals surface area contributed by atoms with Crippen molar-refractivity contribution in [3.05, 3.63) is 70.8 Å². The molecule has 0 aliphatic heterocycles. The Labute approximate surface area is 111 Å². The van der Waals surface area contributed by atoms with Crippen molar-refractivity contribution >= 4 is 0 Å². The third-order valence-corrected chi connectivity index (χ3v) is 3.59. The molecule has 0 atom stereocenters. The van der Waals surface area contributed by atoms with E-state index in [0.717, 1.165) is 25.7 Å². The second kappa shape index (κ2) is 6.39. The fraction of sp³-hybridized carbons (Fsp3) is 0.333. The van der Waals surface area contributed by atoms with E-state index in [2.05, 4.69) is 62.4 Å². The van der Waals surface area contributed by atoms with Gasteiger partial charge in [0.05, 0.1) is 0 Å². The van der Waals surface area contributed by atoms with Crippen LogP contribution in [0.4, 0.5) is 0 Å². The van der Waals surface area contributed by atoms with Crippen molar-refractivity contribution in [3.8, 4) is 0 Å². The molecule has 2 aromatic carbocycles. The van der Waals surface area contributed by atoms with Crippen LogP contribution < -0.4 is 0 Å². The Hall–Kier alpha value is -1.56. The van der Waals surface area contributed by atoms with Gasteiger partial charge in [-0.05, 0) is 47.9 Å². The lowest BCUT2D eigenvalue weighted by Gasteiger charge is -2.10. The summed E-state index contributed by atoms with van der Waals surface area (Å²) < 4.78 is 0. The van der Waals surface area contributed by atoms with Gasteiger partial charge in [0.15, 0.2) is 0 Å². The summed E-state index contributed by atoms with van der Waals surface area (Å²) in [6.45, 7) is 4.47. The third kappa shape index (κ3) is 3.22. The van der Waals surface area contributed by atoms with Gasteiger partial charge in [0, 0.05) is 0 Å². The lowest BCUT2D eigenvalue weighted by atomic mass is 9.96. The number of hydrogen-bond donors (Lipinski definition) is 0. The maximum Gasteiger partial charge on any atom is -0.0235 e. The summed E-state index contributed by atoms with van der Waals surface area (Å²) in [4.78, 5) is 0. The van der Waals surface area contributed by atoms with E-state index in [0.29, 0.717) is 0 Å². The van der Waals surface area contributed by atoms with Crippen LogP contribution in [-0.4, -0.2) is 0 Å². The van der Waals surface area contributed by atoms with Gasteiger partial charge in [-0.3, -0.25) is 0 Å². The monoisotopic (exact) mass is 238 g/mol. The van der Waals surface area contributed by atoms with Crippen molar-refractivity contribution in [1.29, 1.82) is 0 Å². The molecular formula is C18H22. The SMILES string of the molecule is CCc1ccc(CC)c(CCc2ccccc2)c1. The quantitative estimate of drug-likeness (QED) is 0.714. The Morgan fingerprint density at radius 1 is 0.667 bits per heavy atom. The van der Waals surface area contributed by atoms with Gasteiger partial charge in [0.1, 0.15) is 0 Å². The smallest absolute Gasteiger partial charge is 0.0235 e. The van der Waals surface area contributed by atoms with Crippen molar-refractivity contribution in [1.82, 2.24) is 0 Å². The zero-order valence-electron chi connectivity index (χ0n) is 11.4. The minimum absolute atomic E-state index is 1.13. The maximum atomic E-state index is 2.39. The molecule has 0 nitrogen and oxygen atoms in total. The molecule has 0 fully saturated rings. The predicted molar refractivity (Wildman–Crippen MR) is 79.0 cm³/mol. The summed E-state index contributed by atoms with van der Waals surface area (Å²) >= 11 is 0. The van der Waals surface area contributed by atoms with E-state index in [1.807, 2.05) is 0 Å². The molecule has 0 unspecified atom stereocenters. The molecule has 0 bridgehead atoms. The average Bonchev–Trinajstić information content (AvgIpc) is 2.45. The molecule has 0 spiro atoms. The van der Waals surface area contributed by atoms with Crippen LogP contribution in [0.15, 0.2) is 48.5 Å². The van der Waals surface area contributed by atoms with Crippen LogP contribution in [0.5, 0.6) is 0 Å². The molecular weight excluding hydrogens is 216 g/mol. The van der Waals surface area contributed by atoms with Crippen molar-refractivity contribution in [2.45, 2.75) is 39.5 Å². The summed E-state index contributed by atoms with van der Waals surface area (Å²) in [5.41, 5.74) is 5.92. The highest BCUT2D eigenvalue weighted by Gasteiger charge is 2.03. The molecule has 0 aromatic heterocycles. The minimum Gasteiger partial charge on any atom is -0.0622 e. The molecule has 94 valence electrons. The third-order valence-electron chi connectivity index (χ3n) is 3.59. The van der Waals surface area contributed by atoms with E-state index in [9.17, 15) is 0 Å². The van der Waals surface area contributed by atoms with Gasteiger partial charge in [-0.25, -0.2) is 0 Å². The van der Waals surface area contributed by atoms with Crippen LogP contribution in [0, 0.1) is 0 Å². The van der Waals surface area contributed by atoms with E-state index >= 15 is 0 Å². The first-order valence-electron chi connectivity index (χ1n) is 6.98. The Balaban J connectivity index is 2.12. The normalized spacial score (nSPS) is 10.6. The molecule has 0 amide bonds. The van der Waals surface area contributed by atoms with E-state index in [1.54, 1.807) is 0 Å². The molecule has 0 heterocycles. The molecule has 0 aliphatic carbocycles. The molecule has 0 saturated heterocycles. The molecule has 0 heteroatoms. The predicted octanol–water partition coefficient (Wildman–Crippen LogP) is 4.60. The fourth-order valence-electron chi connectivity index (χ4n) is 2.40. The van der Waals surface area contributed by atoms with E-state index in [-0.39, 0.29) is 0 Å². The van der Waals surface area contributed by atoms with Gasteiger partial charge in [0.25, 0.3) is 0 Å². The summed E-state index contributed by atoms with van der Waals surface area (Å²) in [5, 5.41) is 0. The van der Waals surface area contributed by atoms with Crippen LogP contribution in [0.25, 0.3) is 0 Å². The Bertz CT molecular complexity index is 483. The zero-order valence-corrected chi connectivity index (χ0v) is 11.4. The summed E-state index contributed by atoms with van der Waals surface area (Å²) in [6, 6.07) is 17.7. The van der Waals surface area contributed by atoms with Crippen LogP contribution in [-0.2, 0) is 25.7 Å². The van der Waals surface area contributed by atoms with Crippen LogP contribution in [0.3, 0.4) is 0 Å². The highest BCUT2D eigenvalue weighted by molar-refractivity contribution is 5.33. The molecule has 0 radical (unpaired) electrons. The lowest BCUT2D eigenvalue weighted by molar-refractivity contribution is 0.924.